The Morgan fingerprint density at radius 2 is 2.30 bits per heavy atom. The zero-order valence-electron chi connectivity index (χ0n) is 5.20. The van der Waals surface area contributed by atoms with Crippen molar-refractivity contribution < 1.29 is 14.9 Å². The number of aromatic hydroxyl groups is 1. The molecule has 1 aliphatic heterocycles. The van der Waals surface area contributed by atoms with Crippen molar-refractivity contribution in [1.82, 2.24) is 0 Å². The second-order valence-electron chi connectivity index (χ2n) is 2.10. The van der Waals surface area contributed by atoms with Gasteiger partial charge in [0.05, 0.1) is 5.56 Å². The Balaban J connectivity index is 2.59. The normalized spacial score (nSPS) is 14.4. The van der Waals surface area contributed by atoms with Crippen LogP contribution in [0.3, 0.4) is 0 Å². The Kier molecular flexibility index (Phi) is 1.05. The summed E-state index contributed by atoms with van der Waals surface area (Å²) in [7, 11) is 0. The predicted molar refractivity (Wildman–Crippen MR) is 33.5 cm³/mol. The molecule has 1 N–H and O–H groups in total. The van der Waals surface area contributed by atoms with Crippen molar-refractivity contribution >= 4 is 0 Å². The first-order valence-electron chi connectivity index (χ1n) is 2.98. The number of phenolic OH excluding ortho intramolecular Hbond substituents is 1. The molecule has 0 fully saturated rings. The summed E-state index contributed by atoms with van der Waals surface area (Å²) < 4.78 is 0. The van der Waals surface area contributed by atoms with E-state index in [1.165, 1.54) is 0 Å². The minimum Gasteiger partial charge on any atom is -0.507 e. The predicted octanol–water partition coefficient (Wildman–Crippen LogP) is 1.22. The molecule has 0 bridgehead atoms. The first kappa shape index (κ1) is 5.56. The topological polar surface area (TPSA) is 38.7 Å². The molecule has 1 aliphatic rings. The molecule has 0 aromatic heterocycles. The van der Waals surface area contributed by atoms with Gasteiger partial charge in [0, 0.05) is 0 Å². The Labute approximate surface area is 57.7 Å². The quantitative estimate of drug-likeness (QED) is 0.548. The van der Waals surface area contributed by atoms with Gasteiger partial charge in [-0.25, -0.2) is 0 Å². The molecule has 0 unspecified atom stereocenters. The molecule has 3 heteroatoms. The van der Waals surface area contributed by atoms with E-state index in [0.29, 0.717) is 12.4 Å². The Morgan fingerprint density at radius 3 is 3.10 bits per heavy atom. The maximum atomic E-state index is 9.17. The molecule has 0 saturated carbocycles. The van der Waals surface area contributed by atoms with Crippen LogP contribution in [-0.4, -0.2) is 5.11 Å². The van der Waals surface area contributed by atoms with Crippen LogP contribution >= 0.6 is 0 Å². The zero-order valence-corrected chi connectivity index (χ0v) is 5.20. The maximum absolute atomic E-state index is 9.17. The SMILES string of the molecule is Oc1cccc2c1COO2. The van der Waals surface area contributed by atoms with E-state index < -0.39 is 0 Å². The lowest BCUT2D eigenvalue weighted by molar-refractivity contribution is -0.194. The Bertz CT molecular complexity index is 257. The van der Waals surface area contributed by atoms with E-state index in [0.717, 1.165) is 5.56 Å². The molecule has 0 atom stereocenters. The highest BCUT2D eigenvalue weighted by Crippen LogP contribution is 2.32. The van der Waals surface area contributed by atoms with Gasteiger partial charge in [0.1, 0.15) is 12.4 Å². The van der Waals surface area contributed by atoms with E-state index in [4.69, 9.17) is 4.89 Å². The smallest absolute Gasteiger partial charge is 0.174 e. The van der Waals surface area contributed by atoms with Crippen LogP contribution in [0.4, 0.5) is 0 Å². The van der Waals surface area contributed by atoms with Crippen molar-refractivity contribution in [2.24, 2.45) is 0 Å². The molecule has 1 aromatic rings. The first-order valence-corrected chi connectivity index (χ1v) is 2.98. The minimum atomic E-state index is 0.231. The number of hydrogen-bond acceptors (Lipinski definition) is 3. The molecule has 0 aliphatic carbocycles. The minimum absolute atomic E-state index is 0.231. The number of hydrogen-bond donors (Lipinski definition) is 1. The first-order chi connectivity index (χ1) is 4.88. The second-order valence-corrected chi connectivity index (χ2v) is 2.10. The summed E-state index contributed by atoms with van der Waals surface area (Å²) in [6.07, 6.45) is 0. The molecule has 0 radical (unpaired) electrons. The third-order valence-electron chi connectivity index (χ3n) is 1.46. The van der Waals surface area contributed by atoms with Gasteiger partial charge in [-0.2, -0.15) is 4.89 Å². The van der Waals surface area contributed by atoms with E-state index in [-0.39, 0.29) is 5.75 Å². The summed E-state index contributed by atoms with van der Waals surface area (Å²) in [4.78, 5) is 9.36. The molecule has 3 nitrogen and oxygen atoms in total. The van der Waals surface area contributed by atoms with E-state index in [9.17, 15) is 5.11 Å². The van der Waals surface area contributed by atoms with Crippen LogP contribution in [0.25, 0.3) is 0 Å². The maximum Gasteiger partial charge on any atom is 0.174 e. The molecule has 1 aromatic carbocycles. The lowest BCUT2D eigenvalue weighted by Crippen LogP contribution is -1.80. The average Bonchev–Trinajstić information content (AvgIpc) is 2.36. The molecule has 52 valence electrons. The fourth-order valence-electron chi connectivity index (χ4n) is 0.929. The number of fused-ring (bicyclic) bond motifs is 1. The van der Waals surface area contributed by atoms with Gasteiger partial charge < -0.3 is 9.99 Å². The van der Waals surface area contributed by atoms with Gasteiger partial charge in [-0.3, -0.25) is 0 Å². The fourth-order valence-corrected chi connectivity index (χ4v) is 0.929. The van der Waals surface area contributed by atoms with Crippen molar-refractivity contribution in [3.8, 4) is 11.5 Å². The molecule has 0 amide bonds. The van der Waals surface area contributed by atoms with Crippen molar-refractivity contribution in [2.75, 3.05) is 0 Å². The lowest BCUT2D eigenvalue weighted by Gasteiger charge is -1.94. The summed E-state index contributed by atoms with van der Waals surface area (Å²) >= 11 is 0. The van der Waals surface area contributed by atoms with Gasteiger partial charge in [-0.1, -0.05) is 6.07 Å². The Morgan fingerprint density at radius 1 is 1.40 bits per heavy atom. The van der Waals surface area contributed by atoms with Gasteiger partial charge >= 0.3 is 0 Å². The molecule has 1 heterocycles. The molecule has 0 saturated heterocycles. The van der Waals surface area contributed by atoms with Crippen LogP contribution in [0.1, 0.15) is 5.56 Å². The zero-order chi connectivity index (χ0) is 6.97. The highest BCUT2D eigenvalue weighted by Gasteiger charge is 2.16. The number of phenols is 1. The highest BCUT2D eigenvalue weighted by molar-refractivity contribution is 5.44. The second kappa shape index (κ2) is 1.88. The van der Waals surface area contributed by atoms with Crippen molar-refractivity contribution in [2.45, 2.75) is 6.61 Å². The van der Waals surface area contributed by atoms with Gasteiger partial charge in [0.15, 0.2) is 5.75 Å². The summed E-state index contributed by atoms with van der Waals surface area (Å²) in [5.41, 5.74) is 0.725. The van der Waals surface area contributed by atoms with E-state index >= 15 is 0 Å². The van der Waals surface area contributed by atoms with Gasteiger partial charge in [0.25, 0.3) is 0 Å². The number of rotatable bonds is 0. The van der Waals surface area contributed by atoms with Crippen molar-refractivity contribution in [3.63, 3.8) is 0 Å². The van der Waals surface area contributed by atoms with E-state index in [1.54, 1.807) is 18.2 Å². The third-order valence-corrected chi connectivity index (χ3v) is 1.46. The van der Waals surface area contributed by atoms with Gasteiger partial charge in [0.2, 0.25) is 0 Å². The summed E-state index contributed by atoms with van der Waals surface area (Å²) in [6.45, 7) is 0.335. The van der Waals surface area contributed by atoms with Crippen molar-refractivity contribution in [3.05, 3.63) is 23.8 Å². The van der Waals surface area contributed by atoms with Crippen LogP contribution in [0.5, 0.6) is 11.5 Å². The monoisotopic (exact) mass is 138 g/mol. The van der Waals surface area contributed by atoms with Gasteiger partial charge in [-0.05, 0) is 12.1 Å². The van der Waals surface area contributed by atoms with E-state index in [1.807, 2.05) is 0 Å². The van der Waals surface area contributed by atoms with Crippen LogP contribution in [-0.2, 0) is 11.5 Å². The lowest BCUT2D eigenvalue weighted by atomic mass is 10.2. The average molecular weight is 138 g/mol. The van der Waals surface area contributed by atoms with Gasteiger partial charge in [-0.15, -0.1) is 0 Å². The molecular weight excluding hydrogens is 132 g/mol. The standard InChI is InChI=1S/C7H6O3/c8-6-2-1-3-7-5(6)4-9-10-7/h1-3,8H,4H2. The van der Waals surface area contributed by atoms with Crippen LogP contribution < -0.4 is 4.89 Å². The summed E-state index contributed by atoms with van der Waals surface area (Å²) in [6, 6.07) is 5.07. The molecule has 0 spiro atoms. The number of benzene rings is 1. The highest BCUT2D eigenvalue weighted by atomic mass is 17.2. The van der Waals surface area contributed by atoms with E-state index in [2.05, 4.69) is 4.89 Å². The summed E-state index contributed by atoms with van der Waals surface area (Å²) in [5.74, 6) is 0.843. The Hall–Kier alpha value is -1.22. The van der Waals surface area contributed by atoms with Crippen LogP contribution in [0.15, 0.2) is 18.2 Å². The van der Waals surface area contributed by atoms with Crippen LogP contribution in [0, 0.1) is 0 Å². The fraction of sp³-hybridized carbons (Fsp3) is 0.143. The molecule has 10 heavy (non-hydrogen) atoms. The summed E-state index contributed by atoms with van der Waals surface area (Å²) in [5, 5.41) is 9.17. The van der Waals surface area contributed by atoms with Crippen molar-refractivity contribution in [1.29, 1.82) is 0 Å². The molecule has 2 rings (SSSR count). The molecular formula is C7H6O3. The largest absolute Gasteiger partial charge is 0.507 e. The third kappa shape index (κ3) is 0.642. The van der Waals surface area contributed by atoms with Crippen LogP contribution in [0.2, 0.25) is 0 Å².